The smallest absolute Gasteiger partial charge is 0.339 e. The first-order valence-corrected chi connectivity index (χ1v) is 6.26. The molecule has 0 atom stereocenters. The van der Waals surface area contributed by atoms with E-state index in [4.69, 9.17) is 21.4 Å². The molecule has 0 unspecified atom stereocenters. The Hall–Kier alpha value is -2.07. The molecule has 0 heterocycles. The molecule has 2 rings (SSSR count). The average molecular weight is 295 g/mol. The summed E-state index contributed by atoms with van der Waals surface area (Å²) in [4.78, 5) is 11.1. The van der Waals surface area contributed by atoms with Gasteiger partial charge in [-0.05, 0) is 48.4 Å². The molecule has 0 saturated heterocycles. The van der Waals surface area contributed by atoms with Crippen molar-refractivity contribution in [3.05, 3.63) is 63.9 Å². The van der Waals surface area contributed by atoms with Gasteiger partial charge in [0, 0.05) is 5.02 Å². The number of aryl methyl sites for hydroxylation is 1. The Kier molecular flexibility index (Phi) is 4.25. The van der Waals surface area contributed by atoms with E-state index in [1.807, 2.05) is 0 Å². The Balaban J connectivity index is 2.22. The molecular weight excluding hydrogens is 283 g/mol. The number of halogens is 2. The maximum Gasteiger partial charge on any atom is 0.339 e. The third kappa shape index (κ3) is 3.27. The van der Waals surface area contributed by atoms with Crippen molar-refractivity contribution < 1.29 is 19.0 Å². The summed E-state index contributed by atoms with van der Waals surface area (Å²) in [6.45, 7) is 1.91. The minimum Gasteiger partial charge on any atom is -0.488 e. The normalized spacial score (nSPS) is 10.3. The van der Waals surface area contributed by atoms with E-state index in [-0.39, 0.29) is 23.7 Å². The number of carboxylic acids is 1. The van der Waals surface area contributed by atoms with Crippen LogP contribution < -0.4 is 4.74 Å². The van der Waals surface area contributed by atoms with Gasteiger partial charge in [0.1, 0.15) is 23.7 Å². The number of benzene rings is 2. The lowest BCUT2D eigenvalue weighted by atomic mass is 10.1. The molecule has 0 fully saturated rings. The lowest BCUT2D eigenvalue weighted by Gasteiger charge is -2.11. The molecule has 104 valence electrons. The van der Waals surface area contributed by atoms with Crippen LogP contribution in [0.15, 0.2) is 36.4 Å². The Morgan fingerprint density at radius 3 is 2.70 bits per heavy atom. The third-order valence-corrected chi connectivity index (χ3v) is 3.10. The molecule has 0 saturated carbocycles. The summed E-state index contributed by atoms with van der Waals surface area (Å²) in [7, 11) is 0. The molecule has 0 radical (unpaired) electrons. The topological polar surface area (TPSA) is 46.5 Å². The predicted octanol–water partition coefficient (Wildman–Crippen LogP) is 4.06. The van der Waals surface area contributed by atoms with Gasteiger partial charge < -0.3 is 9.84 Å². The van der Waals surface area contributed by atoms with Crippen molar-refractivity contribution in [1.82, 2.24) is 0 Å². The van der Waals surface area contributed by atoms with Crippen molar-refractivity contribution in [3.63, 3.8) is 0 Å². The van der Waals surface area contributed by atoms with Crippen LogP contribution in [-0.2, 0) is 6.61 Å². The van der Waals surface area contributed by atoms with Crippen LogP contribution in [0.25, 0.3) is 0 Å². The molecule has 5 heteroatoms. The molecule has 1 N–H and O–H groups in total. The van der Waals surface area contributed by atoms with Crippen LogP contribution in [0, 0.1) is 12.7 Å². The van der Waals surface area contributed by atoms with Gasteiger partial charge in [-0.3, -0.25) is 0 Å². The number of ether oxygens (including phenoxy) is 1. The van der Waals surface area contributed by atoms with Gasteiger partial charge in [0.2, 0.25) is 0 Å². The average Bonchev–Trinajstić information content (AvgIpc) is 2.37. The van der Waals surface area contributed by atoms with E-state index in [0.717, 1.165) is 11.1 Å². The van der Waals surface area contributed by atoms with E-state index in [0.29, 0.717) is 5.02 Å². The number of carboxylic acid groups (broad SMARTS) is 1. The first kappa shape index (κ1) is 14.3. The van der Waals surface area contributed by atoms with Crippen LogP contribution in [0.4, 0.5) is 4.39 Å². The van der Waals surface area contributed by atoms with Gasteiger partial charge in [0.25, 0.3) is 0 Å². The second kappa shape index (κ2) is 5.92. The fourth-order valence-electron chi connectivity index (χ4n) is 1.77. The number of hydrogen-bond donors (Lipinski definition) is 1. The van der Waals surface area contributed by atoms with Crippen molar-refractivity contribution in [2.45, 2.75) is 13.5 Å². The first-order chi connectivity index (χ1) is 9.47. The van der Waals surface area contributed by atoms with Crippen LogP contribution >= 0.6 is 11.6 Å². The summed E-state index contributed by atoms with van der Waals surface area (Å²) in [6.07, 6.45) is 0. The summed E-state index contributed by atoms with van der Waals surface area (Å²) >= 11 is 5.83. The van der Waals surface area contributed by atoms with E-state index in [2.05, 4.69) is 0 Å². The fraction of sp³-hybridized carbons (Fsp3) is 0.133. The predicted molar refractivity (Wildman–Crippen MR) is 73.9 cm³/mol. The molecule has 3 nitrogen and oxygen atoms in total. The molecule has 2 aromatic rings. The van der Waals surface area contributed by atoms with E-state index in [9.17, 15) is 9.18 Å². The van der Waals surface area contributed by atoms with Crippen LogP contribution in [0.2, 0.25) is 5.02 Å². The van der Waals surface area contributed by atoms with Crippen LogP contribution in [0.1, 0.15) is 21.5 Å². The lowest BCUT2D eigenvalue weighted by Crippen LogP contribution is -2.04. The number of hydrogen-bond acceptors (Lipinski definition) is 2. The zero-order valence-corrected chi connectivity index (χ0v) is 11.4. The van der Waals surface area contributed by atoms with Crippen molar-refractivity contribution in [2.75, 3.05) is 0 Å². The Morgan fingerprint density at radius 1 is 1.30 bits per heavy atom. The summed E-state index contributed by atoms with van der Waals surface area (Å²) < 4.78 is 18.5. The molecule has 2 aromatic carbocycles. The van der Waals surface area contributed by atoms with Crippen molar-refractivity contribution >= 4 is 17.6 Å². The Labute approximate surface area is 120 Å². The molecule has 0 aliphatic rings. The quantitative estimate of drug-likeness (QED) is 0.925. The van der Waals surface area contributed by atoms with Crippen LogP contribution in [0.5, 0.6) is 5.75 Å². The molecular formula is C15H12ClFO3. The standard InChI is InChI=1S/C15H12ClFO3/c1-9-6-12(17)4-2-10(9)8-20-14-7-11(16)3-5-13(14)15(18)19/h2-7H,8H2,1H3,(H,18,19). The molecule has 0 spiro atoms. The number of aromatic carboxylic acids is 1. The van der Waals surface area contributed by atoms with E-state index in [1.165, 1.54) is 30.3 Å². The fourth-order valence-corrected chi connectivity index (χ4v) is 1.93. The zero-order valence-electron chi connectivity index (χ0n) is 10.7. The summed E-state index contributed by atoms with van der Waals surface area (Å²) in [5.74, 6) is -1.22. The highest BCUT2D eigenvalue weighted by atomic mass is 35.5. The highest BCUT2D eigenvalue weighted by Crippen LogP contribution is 2.25. The van der Waals surface area contributed by atoms with Crippen LogP contribution in [-0.4, -0.2) is 11.1 Å². The summed E-state index contributed by atoms with van der Waals surface area (Å²) in [5.41, 5.74) is 1.56. The minimum atomic E-state index is -1.09. The summed E-state index contributed by atoms with van der Waals surface area (Å²) in [5, 5.41) is 9.46. The monoisotopic (exact) mass is 294 g/mol. The van der Waals surface area contributed by atoms with Gasteiger partial charge >= 0.3 is 5.97 Å². The van der Waals surface area contributed by atoms with Gasteiger partial charge in [-0.15, -0.1) is 0 Å². The number of carbonyl (C=O) groups is 1. The second-order valence-electron chi connectivity index (χ2n) is 4.31. The molecule has 20 heavy (non-hydrogen) atoms. The highest BCUT2D eigenvalue weighted by Gasteiger charge is 2.12. The largest absolute Gasteiger partial charge is 0.488 e. The zero-order chi connectivity index (χ0) is 14.7. The van der Waals surface area contributed by atoms with Gasteiger partial charge in [-0.2, -0.15) is 0 Å². The van der Waals surface area contributed by atoms with Crippen LogP contribution in [0.3, 0.4) is 0 Å². The molecule has 0 bridgehead atoms. The maximum atomic E-state index is 13.0. The van der Waals surface area contributed by atoms with Gasteiger partial charge in [0.15, 0.2) is 0 Å². The van der Waals surface area contributed by atoms with E-state index in [1.54, 1.807) is 13.0 Å². The minimum absolute atomic E-state index is 0.0363. The first-order valence-electron chi connectivity index (χ1n) is 5.88. The van der Waals surface area contributed by atoms with E-state index < -0.39 is 5.97 Å². The molecule has 0 aromatic heterocycles. The SMILES string of the molecule is Cc1cc(F)ccc1COc1cc(Cl)ccc1C(=O)O. The summed E-state index contributed by atoms with van der Waals surface area (Å²) in [6, 6.07) is 8.66. The van der Waals surface area contributed by atoms with Crippen molar-refractivity contribution in [3.8, 4) is 5.75 Å². The van der Waals surface area contributed by atoms with Gasteiger partial charge in [-0.1, -0.05) is 17.7 Å². The lowest BCUT2D eigenvalue weighted by molar-refractivity contribution is 0.0692. The van der Waals surface area contributed by atoms with E-state index >= 15 is 0 Å². The number of rotatable bonds is 4. The maximum absolute atomic E-state index is 13.0. The second-order valence-corrected chi connectivity index (χ2v) is 4.74. The highest BCUT2D eigenvalue weighted by molar-refractivity contribution is 6.30. The molecule has 0 aliphatic carbocycles. The third-order valence-electron chi connectivity index (χ3n) is 2.86. The van der Waals surface area contributed by atoms with Crippen molar-refractivity contribution in [2.24, 2.45) is 0 Å². The molecule has 0 amide bonds. The Bertz CT molecular complexity index is 656. The molecule has 0 aliphatic heterocycles. The Morgan fingerprint density at radius 2 is 2.05 bits per heavy atom. The van der Waals surface area contributed by atoms with Crippen molar-refractivity contribution in [1.29, 1.82) is 0 Å². The van der Waals surface area contributed by atoms with Gasteiger partial charge in [0.05, 0.1) is 0 Å². The van der Waals surface area contributed by atoms with Gasteiger partial charge in [-0.25, -0.2) is 9.18 Å².